The molecule has 0 bridgehead atoms. The van der Waals surface area contributed by atoms with Gasteiger partial charge < -0.3 is 14.8 Å². The maximum atomic E-state index is 15.4. The van der Waals surface area contributed by atoms with Gasteiger partial charge in [0.05, 0.1) is 47.9 Å². The van der Waals surface area contributed by atoms with Crippen LogP contribution in [-0.2, 0) is 14.8 Å². The first-order valence-electron chi connectivity index (χ1n) is 10.3. The number of hydrogen-bond acceptors (Lipinski definition) is 9. The highest BCUT2D eigenvalue weighted by Gasteiger charge is 2.26. The number of sulfonamides is 1. The second kappa shape index (κ2) is 10.5. The summed E-state index contributed by atoms with van der Waals surface area (Å²) in [5.41, 5.74) is -0.162. The zero-order chi connectivity index (χ0) is 25.9. The fraction of sp³-hybridized carbons (Fsp3) is 0.182. The number of ether oxygens (including phenoxy) is 2. The Bertz CT molecular complexity index is 1540. The summed E-state index contributed by atoms with van der Waals surface area (Å²) in [6, 6.07) is 5.92. The van der Waals surface area contributed by atoms with Gasteiger partial charge in [-0.1, -0.05) is 11.6 Å². The molecule has 0 amide bonds. The van der Waals surface area contributed by atoms with Gasteiger partial charge in [-0.3, -0.25) is 9.71 Å². The first-order chi connectivity index (χ1) is 17.2. The van der Waals surface area contributed by atoms with Gasteiger partial charge in [0.25, 0.3) is 10.0 Å². The molecule has 0 aliphatic carbocycles. The first-order valence-corrected chi connectivity index (χ1v) is 12.2. The Morgan fingerprint density at radius 3 is 2.61 bits per heavy atom. The SMILES string of the molecule is COCCNc1ccc2cc(-c3c(F)cnc(NS(=O)(=O)c4cc(Cl)cnc4OC)c3F)ncc2n1. The first kappa shape index (κ1) is 25.4. The summed E-state index contributed by atoms with van der Waals surface area (Å²) in [5, 5.41) is 3.65. The van der Waals surface area contributed by atoms with Crippen molar-refractivity contribution in [2.45, 2.75) is 4.90 Å². The predicted molar refractivity (Wildman–Crippen MR) is 130 cm³/mol. The van der Waals surface area contributed by atoms with Crippen molar-refractivity contribution in [3.8, 4) is 17.1 Å². The standard InChI is InChI=1S/C22H19ClF2N6O4S/c1-34-6-5-26-18-4-3-12-7-15(27-11-16(12)30-18)19-14(24)10-28-21(20(19)25)31-36(32,33)17-8-13(23)9-29-22(17)35-2/h3-4,7-11H,5-6H2,1-2H3,(H,26,30)(H,28,31). The third kappa shape index (κ3) is 5.27. The Labute approximate surface area is 209 Å². The third-order valence-electron chi connectivity index (χ3n) is 4.92. The molecule has 0 atom stereocenters. The van der Waals surface area contributed by atoms with Crippen LogP contribution in [0.15, 0.2) is 47.8 Å². The van der Waals surface area contributed by atoms with Crippen molar-refractivity contribution in [1.82, 2.24) is 19.9 Å². The number of methoxy groups -OCH3 is 2. The molecule has 0 radical (unpaired) electrons. The molecule has 0 saturated carbocycles. The molecule has 14 heteroatoms. The molecule has 0 aliphatic heterocycles. The number of nitrogens with one attached hydrogen (secondary N) is 2. The number of hydrogen-bond donors (Lipinski definition) is 2. The second-order valence-electron chi connectivity index (χ2n) is 7.29. The summed E-state index contributed by atoms with van der Waals surface area (Å²) in [5.74, 6) is -2.72. The minimum Gasteiger partial charge on any atom is -0.480 e. The number of nitrogens with zero attached hydrogens (tertiary/aromatic N) is 4. The molecule has 4 aromatic heterocycles. The van der Waals surface area contributed by atoms with Gasteiger partial charge in [-0.2, -0.15) is 0 Å². The monoisotopic (exact) mass is 536 g/mol. The van der Waals surface area contributed by atoms with Crippen molar-refractivity contribution in [2.75, 3.05) is 37.4 Å². The van der Waals surface area contributed by atoms with E-state index in [0.29, 0.717) is 36.1 Å². The maximum Gasteiger partial charge on any atom is 0.268 e. The van der Waals surface area contributed by atoms with Gasteiger partial charge in [-0.15, -0.1) is 0 Å². The zero-order valence-electron chi connectivity index (χ0n) is 18.9. The van der Waals surface area contributed by atoms with Crippen molar-refractivity contribution < 1.29 is 26.7 Å². The van der Waals surface area contributed by atoms with E-state index in [9.17, 15) is 12.8 Å². The summed E-state index contributed by atoms with van der Waals surface area (Å²) in [7, 11) is -1.66. The van der Waals surface area contributed by atoms with Gasteiger partial charge in [-0.05, 0) is 24.3 Å². The van der Waals surface area contributed by atoms with Crippen LogP contribution in [0.2, 0.25) is 5.02 Å². The molecule has 4 heterocycles. The molecule has 0 unspecified atom stereocenters. The van der Waals surface area contributed by atoms with E-state index in [4.69, 9.17) is 21.1 Å². The predicted octanol–water partition coefficient (Wildman–Crippen LogP) is 3.89. The Morgan fingerprint density at radius 1 is 1.06 bits per heavy atom. The summed E-state index contributed by atoms with van der Waals surface area (Å²) in [6.07, 6.45) is 3.24. The molecular formula is C22H19ClF2N6O4S. The van der Waals surface area contributed by atoms with Gasteiger partial charge in [-0.25, -0.2) is 32.2 Å². The third-order valence-corrected chi connectivity index (χ3v) is 6.46. The number of aromatic nitrogens is 4. The van der Waals surface area contributed by atoms with Crippen LogP contribution in [-0.4, -0.2) is 55.7 Å². The molecular weight excluding hydrogens is 518 g/mol. The van der Waals surface area contributed by atoms with Crippen molar-refractivity contribution in [1.29, 1.82) is 0 Å². The summed E-state index contributed by atoms with van der Waals surface area (Å²) >= 11 is 5.86. The summed E-state index contributed by atoms with van der Waals surface area (Å²) in [6.45, 7) is 1.04. The summed E-state index contributed by atoms with van der Waals surface area (Å²) < 4.78 is 67.8. The van der Waals surface area contributed by atoms with E-state index in [2.05, 4.69) is 25.3 Å². The lowest BCUT2D eigenvalue weighted by Gasteiger charge is -2.13. The van der Waals surface area contributed by atoms with E-state index < -0.39 is 37.9 Å². The van der Waals surface area contributed by atoms with E-state index >= 15 is 4.39 Å². The van der Waals surface area contributed by atoms with Crippen molar-refractivity contribution in [3.05, 3.63) is 59.5 Å². The van der Waals surface area contributed by atoms with Gasteiger partial charge in [0, 0.05) is 25.2 Å². The van der Waals surface area contributed by atoms with E-state index in [0.717, 1.165) is 6.07 Å². The molecule has 2 N–H and O–H groups in total. The number of pyridine rings is 4. The normalized spacial score (nSPS) is 11.5. The highest BCUT2D eigenvalue weighted by atomic mass is 35.5. The molecule has 0 aliphatic rings. The zero-order valence-corrected chi connectivity index (χ0v) is 20.5. The Hall–Kier alpha value is -3.68. The van der Waals surface area contributed by atoms with Crippen molar-refractivity contribution in [3.63, 3.8) is 0 Å². The average Bonchev–Trinajstić information content (AvgIpc) is 2.86. The summed E-state index contributed by atoms with van der Waals surface area (Å²) in [4.78, 5) is 15.4. The topological polar surface area (TPSA) is 128 Å². The minimum atomic E-state index is -4.46. The van der Waals surface area contributed by atoms with Crippen LogP contribution >= 0.6 is 11.6 Å². The second-order valence-corrected chi connectivity index (χ2v) is 9.38. The molecule has 188 valence electrons. The molecule has 4 aromatic rings. The average molecular weight is 537 g/mol. The lowest BCUT2D eigenvalue weighted by Crippen LogP contribution is -2.17. The quantitative estimate of drug-likeness (QED) is 0.306. The lowest BCUT2D eigenvalue weighted by atomic mass is 10.1. The fourth-order valence-electron chi connectivity index (χ4n) is 3.25. The Morgan fingerprint density at radius 2 is 1.86 bits per heavy atom. The molecule has 0 spiro atoms. The van der Waals surface area contributed by atoms with Gasteiger partial charge in [0.15, 0.2) is 22.3 Å². The molecule has 4 rings (SSSR count). The van der Waals surface area contributed by atoms with Crippen molar-refractivity contribution >= 4 is 44.2 Å². The van der Waals surface area contributed by atoms with Crippen LogP contribution in [0.4, 0.5) is 20.4 Å². The van der Waals surface area contributed by atoms with Crippen LogP contribution < -0.4 is 14.8 Å². The number of fused-ring (bicyclic) bond motifs is 1. The molecule has 0 aromatic carbocycles. The molecule has 0 saturated heterocycles. The highest BCUT2D eigenvalue weighted by molar-refractivity contribution is 7.92. The molecule has 0 fully saturated rings. The smallest absolute Gasteiger partial charge is 0.268 e. The van der Waals surface area contributed by atoms with E-state index in [1.54, 1.807) is 19.2 Å². The lowest BCUT2D eigenvalue weighted by molar-refractivity contribution is 0.210. The number of rotatable bonds is 9. The van der Waals surface area contributed by atoms with Gasteiger partial charge in [0.1, 0.15) is 5.82 Å². The van der Waals surface area contributed by atoms with Crippen LogP contribution in [0.5, 0.6) is 5.88 Å². The molecule has 10 nitrogen and oxygen atoms in total. The van der Waals surface area contributed by atoms with Crippen molar-refractivity contribution in [2.24, 2.45) is 0 Å². The van der Waals surface area contributed by atoms with E-state index in [-0.39, 0.29) is 16.6 Å². The minimum absolute atomic E-state index is 0.00966. The highest BCUT2D eigenvalue weighted by Crippen LogP contribution is 2.32. The van der Waals surface area contributed by atoms with Crippen LogP contribution in [0.25, 0.3) is 22.2 Å². The number of halogens is 3. The van der Waals surface area contributed by atoms with Crippen LogP contribution in [0.3, 0.4) is 0 Å². The van der Waals surface area contributed by atoms with E-state index in [1.807, 2.05) is 4.72 Å². The molecule has 36 heavy (non-hydrogen) atoms. The van der Waals surface area contributed by atoms with Crippen LogP contribution in [0, 0.1) is 11.6 Å². The maximum absolute atomic E-state index is 15.4. The van der Waals surface area contributed by atoms with Gasteiger partial charge >= 0.3 is 0 Å². The fourth-order valence-corrected chi connectivity index (χ4v) is 4.63. The number of anilines is 2. The van der Waals surface area contributed by atoms with Crippen LogP contribution in [0.1, 0.15) is 0 Å². The van der Waals surface area contributed by atoms with E-state index in [1.165, 1.54) is 25.6 Å². The largest absolute Gasteiger partial charge is 0.480 e. The Kier molecular flexibility index (Phi) is 7.43. The Balaban J connectivity index is 1.70. The van der Waals surface area contributed by atoms with Gasteiger partial charge in [0.2, 0.25) is 5.88 Å².